The van der Waals surface area contributed by atoms with Crippen LogP contribution in [0.25, 0.3) is 0 Å². The molecule has 1 aromatic rings. The molecule has 17 heavy (non-hydrogen) atoms. The summed E-state index contributed by atoms with van der Waals surface area (Å²) in [5, 5.41) is 0. The van der Waals surface area contributed by atoms with Gasteiger partial charge in [-0.2, -0.15) is 0 Å². The Labute approximate surface area is 100 Å². The number of hydrogen-bond donors (Lipinski definition) is 0. The quantitative estimate of drug-likeness (QED) is 0.749. The summed E-state index contributed by atoms with van der Waals surface area (Å²) >= 11 is 0. The highest BCUT2D eigenvalue weighted by Crippen LogP contribution is 2.23. The van der Waals surface area contributed by atoms with Gasteiger partial charge in [-0.3, -0.25) is 4.79 Å². The number of carbonyl (C=O) groups excluding carboxylic acids is 1. The molecule has 1 aromatic carbocycles. The lowest BCUT2D eigenvalue weighted by atomic mass is 10.1. The molecule has 0 bridgehead atoms. The fourth-order valence-electron chi connectivity index (χ4n) is 1.76. The second-order valence-corrected chi connectivity index (χ2v) is 4.00. The summed E-state index contributed by atoms with van der Waals surface area (Å²) < 4.78 is 16.2. The molecule has 1 fully saturated rings. The molecule has 0 aromatic heterocycles. The van der Waals surface area contributed by atoms with Gasteiger partial charge in [0.1, 0.15) is 18.8 Å². The van der Waals surface area contributed by atoms with Crippen molar-refractivity contribution in [3.63, 3.8) is 0 Å². The number of carbonyl (C=O) groups is 1. The number of ether oxygens (including phenoxy) is 3. The Hall–Kier alpha value is -1.39. The lowest BCUT2D eigenvalue weighted by molar-refractivity contribution is -0.170. The van der Waals surface area contributed by atoms with Crippen molar-refractivity contribution < 1.29 is 19.0 Å². The van der Waals surface area contributed by atoms with Crippen LogP contribution in [0.15, 0.2) is 30.3 Å². The minimum atomic E-state index is -0.296. The van der Waals surface area contributed by atoms with E-state index in [1.807, 2.05) is 30.3 Å². The molecule has 1 aliphatic rings. The van der Waals surface area contributed by atoms with Gasteiger partial charge in [0.2, 0.25) is 0 Å². The standard InChI is InChI=1S/C13H16O4/c1-10(14)16-8-12-7-15-9-13(17-12)11-5-3-2-4-6-11/h2-6,12-13H,7-9H2,1H3. The van der Waals surface area contributed by atoms with E-state index in [2.05, 4.69) is 0 Å². The van der Waals surface area contributed by atoms with E-state index < -0.39 is 0 Å². The van der Waals surface area contributed by atoms with Crippen LogP contribution in [-0.4, -0.2) is 31.9 Å². The largest absolute Gasteiger partial charge is 0.463 e. The molecule has 2 atom stereocenters. The molecule has 2 rings (SSSR count). The van der Waals surface area contributed by atoms with Crippen molar-refractivity contribution in [2.75, 3.05) is 19.8 Å². The fourth-order valence-corrected chi connectivity index (χ4v) is 1.76. The van der Waals surface area contributed by atoms with Crippen molar-refractivity contribution in [1.82, 2.24) is 0 Å². The number of benzene rings is 1. The van der Waals surface area contributed by atoms with E-state index in [1.165, 1.54) is 6.92 Å². The van der Waals surface area contributed by atoms with Crippen molar-refractivity contribution >= 4 is 5.97 Å². The lowest BCUT2D eigenvalue weighted by Crippen LogP contribution is -2.35. The van der Waals surface area contributed by atoms with Gasteiger partial charge in [0.05, 0.1) is 13.2 Å². The van der Waals surface area contributed by atoms with E-state index in [4.69, 9.17) is 14.2 Å². The molecule has 92 valence electrons. The van der Waals surface area contributed by atoms with E-state index in [0.717, 1.165) is 5.56 Å². The van der Waals surface area contributed by atoms with Gasteiger partial charge in [-0.1, -0.05) is 30.3 Å². The van der Waals surface area contributed by atoms with Gasteiger partial charge in [0.15, 0.2) is 0 Å². The van der Waals surface area contributed by atoms with Gasteiger partial charge in [-0.15, -0.1) is 0 Å². The molecular formula is C13H16O4. The second kappa shape index (κ2) is 5.80. The minimum absolute atomic E-state index is 0.0782. The lowest BCUT2D eigenvalue weighted by Gasteiger charge is -2.30. The van der Waals surface area contributed by atoms with Crippen LogP contribution in [0.1, 0.15) is 18.6 Å². The first-order valence-electron chi connectivity index (χ1n) is 5.67. The molecule has 0 saturated carbocycles. The summed E-state index contributed by atoms with van der Waals surface area (Å²) in [4.78, 5) is 10.7. The average molecular weight is 236 g/mol. The highest BCUT2D eigenvalue weighted by atomic mass is 16.6. The van der Waals surface area contributed by atoms with Crippen molar-refractivity contribution in [2.45, 2.75) is 19.1 Å². The predicted octanol–water partition coefficient (Wildman–Crippen LogP) is 1.71. The smallest absolute Gasteiger partial charge is 0.302 e. The third kappa shape index (κ3) is 3.54. The molecule has 1 heterocycles. The summed E-state index contributed by atoms with van der Waals surface area (Å²) in [6, 6.07) is 9.90. The monoisotopic (exact) mass is 236 g/mol. The number of hydrogen-bond acceptors (Lipinski definition) is 4. The third-order valence-corrected chi connectivity index (χ3v) is 2.57. The Kier molecular flexibility index (Phi) is 4.12. The Morgan fingerprint density at radius 3 is 2.82 bits per heavy atom. The maximum absolute atomic E-state index is 10.7. The van der Waals surface area contributed by atoms with Crippen molar-refractivity contribution in [1.29, 1.82) is 0 Å². The zero-order chi connectivity index (χ0) is 12.1. The van der Waals surface area contributed by atoms with Gasteiger partial charge in [-0.05, 0) is 5.56 Å². The van der Waals surface area contributed by atoms with Gasteiger partial charge in [0, 0.05) is 6.92 Å². The average Bonchev–Trinajstić information content (AvgIpc) is 2.38. The molecule has 0 radical (unpaired) electrons. The van der Waals surface area contributed by atoms with Crippen molar-refractivity contribution in [3.8, 4) is 0 Å². The molecule has 1 aliphatic heterocycles. The SMILES string of the molecule is CC(=O)OCC1COCC(c2ccccc2)O1. The molecule has 0 N–H and O–H groups in total. The first-order chi connectivity index (χ1) is 8.25. The van der Waals surface area contributed by atoms with Crippen LogP contribution in [0.5, 0.6) is 0 Å². The fraction of sp³-hybridized carbons (Fsp3) is 0.462. The minimum Gasteiger partial charge on any atom is -0.463 e. The Morgan fingerprint density at radius 1 is 1.35 bits per heavy atom. The highest BCUT2D eigenvalue weighted by Gasteiger charge is 2.24. The maximum Gasteiger partial charge on any atom is 0.302 e. The summed E-state index contributed by atoms with van der Waals surface area (Å²) in [5.74, 6) is -0.296. The predicted molar refractivity (Wildman–Crippen MR) is 61.5 cm³/mol. The van der Waals surface area contributed by atoms with Crippen LogP contribution in [0.3, 0.4) is 0 Å². The topological polar surface area (TPSA) is 44.8 Å². The Balaban J connectivity index is 1.91. The molecule has 1 saturated heterocycles. The van der Waals surface area contributed by atoms with Crippen LogP contribution in [0.2, 0.25) is 0 Å². The van der Waals surface area contributed by atoms with Gasteiger partial charge >= 0.3 is 5.97 Å². The zero-order valence-electron chi connectivity index (χ0n) is 9.80. The molecule has 2 unspecified atom stereocenters. The van der Waals surface area contributed by atoms with Crippen LogP contribution >= 0.6 is 0 Å². The summed E-state index contributed by atoms with van der Waals surface area (Å²) in [5.41, 5.74) is 1.08. The van der Waals surface area contributed by atoms with Gasteiger partial charge < -0.3 is 14.2 Å². The van der Waals surface area contributed by atoms with Gasteiger partial charge in [0.25, 0.3) is 0 Å². The van der Waals surface area contributed by atoms with E-state index in [-0.39, 0.29) is 24.8 Å². The summed E-state index contributed by atoms with van der Waals surface area (Å²) in [6.45, 7) is 2.65. The molecule has 0 spiro atoms. The third-order valence-electron chi connectivity index (χ3n) is 2.57. The zero-order valence-corrected chi connectivity index (χ0v) is 9.80. The van der Waals surface area contributed by atoms with E-state index >= 15 is 0 Å². The number of rotatable bonds is 3. The van der Waals surface area contributed by atoms with E-state index in [9.17, 15) is 4.79 Å². The van der Waals surface area contributed by atoms with Gasteiger partial charge in [-0.25, -0.2) is 0 Å². The normalized spacial score (nSPS) is 24.3. The van der Waals surface area contributed by atoms with Crippen LogP contribution in [0, 0.1) is 0 Å². The maximum atomic E-state index is 10.7. The highest BCUT2D eigenvalue weighted by molar-refractivity contribution is 5.65. The Morgan fingerprint density at radius 2 is 2.12 bits per heavy atom. The number of esters is 1. The summed E-state index contributed by atoms with van der Waals surface area (Å²) in [6.07, 6.45) is -0.261. The molecule has 0 amide bonds. The van der Waals surface area contributed by atoms with Crippen molar-refractivity contribution in [3.05, 3.63) is 35.9 Å². The van der Waals surface area contributed by atoms with Crippen LogP contribution in [-0.2, 0) is 19.0 Å². The summed E-state index contributed by atoms with van der Waals surface area (Å²) in [7, 11) is 0. The van der Waals surface area contributed by atoms with Crippen LogP contribution < -0.4 is 0 Å². The molecule has 4 nitrogen and oxygen atoms in total. The molecular weight excluding hydrogens is 220 g/mol. The molecule has 0 aliphatic carbocycles. The van der Waals surface area contributed by atoms with Crippen LogP contribution in [0.4, 0.5) is 0 Å². The molecule has 4 heteroatoms. The van der Waals surface area contributed by atoms with E-state index in [0.29, 0.717) is 13.2 Å². The van der Waals surface area contributed by atoms with Crippen molar-refractivity contribution in [2.24, 2.45) is 0 Å². The first-order valence-corrected chi connectivity index (χ1v) is 5.67. The first kappa shape index (κ1) is 12.1. The van der Waals surface area contributed by atoms with E-state index in [1.54, 1.807) is 0 Å². The second-order valence-electron chi connectivity index (χ2n) is 4.00. The Bertz CT molecular complexity index is 363.